The molecule has 2 heterocycles. The monoisotopic (exact) mass is 242 g/mol. The van der Waals surface area contributed by atoms with Gasteiger partial charge in [0.2, 0.25) is 0 Å². The second kappa shape index (κ2) is 4.79. The van der Waals surface area contributed by atoms with E-state index < -0.39 is 6.10 Å². The minimum atomic E-state index is -0.609. The van der Waals surface area contributed by atoms with Crippen LogP contribution >= 0.6 is 11.3 Å². The van der Waals surface area contributed by atoms with Crippen LogP contribution in [0.3, 0.4) is 0 Å². The van der Waals surface area contributed by atoms with Crippen LogP contribution in [0.1, 0.15) is 29.6 Å². The Bertz CT molecular complexity index is 348. The molecule has 0 amide bonds. The fourth-order valence-corrected chi connectivity index (χ4v) is 2.81. The van der Waals surface area contributed by atoms with Gasteiger partial charge in [0.05, 0.1) is 17.3 Å². The largest absolute Gasteiger partial charge is 0.386 e. The van der Waals surface area contributed by atoms with Crippen molar-refractivity contribution < 1.29 is 9.84 Å². The summed E-state index contributed by atoms with van der Waals surface area (Å²) < 4.78 is 5.46. The van der Waals surface area contributed by atoms with E-state index in [0.29, 0.717) is 13.2 Å². The van der Waals surface area contributed by atoms with Crippen molar-refractivity contribution in [2.24, 2.45) is 11.1 Å². The number of nitrogens with zero attached hydrogens (tertiary/aromatic N) is 1. The second-order valence-electron chi connectivity index (χ2n) is 4.42. The predicted molar refractivity (Wildman–Crippen MR) is 63.4 cm³/mol. The van der Waals surface area contributed by atoms with Crippen LogP contribution < -0.4 is 5.73 Å². The molecular weight excluding hydrogens is 224 g/mol. The van der Waals surface area contributed by atoms with Gasteiger partial charge in [0, 0.05) is 23.9 Å². The van der Waals surface area contributed by atoms with E-state index in [1.54, 1.807) is 11.3 Å². The van der Waals surface area contributed by atoms with Crippen LogP contribution in [0.4, 0.5) is 0 Å². The molecule has 0 spiro atoms. The summed E-state index contributed by atoms with van der Waals surface area (Å²) >= 11 is 1.55. The lowest BCUT2D eigenvalue weighted by molar-refractivity contribution is -0.0795. The molecule has 4 nitrogen and oxygen atoms in total. The standard InChI is InChI=1S/C11H18N2O2S/c1-8-13-9(5-16-8)10(14)11(6-12)3-2-4-15-7-11/h5,10,14H,2-4,6-7,12H2,1H3. The smallest absolute Gasteiger partial charge is 0.106 e. The van der Waals surface area contributed by atoms with Gasteiger partial charge in [-0.1, -0.05) is 0 Å². The topological polar surface area (TPSA) is 68.4 Å². The predicted octanol–water partition coefficient (Wildman–Crippen LogP) is 1.24. The molecule has 0 saturated carbocycles. The van der Waals surface area contributed by atoms with Gasteiger partial charge in [0.25, 0.3) is 0 Å². The van der Waals surface area contributed by atoms with E-state index in [1.807, 2.05) is 12.3 Å². The highest BCUT2D eigenvalue weighted by molar-refractivity contribution is 7.09. The molecule has 90 valence electrons. The van der Waals surface area contributed by atoms with Gasteiger partial charge in [0.1, 0.15) is 6.10 Å². The number of aliphatic hydroxyl groups excluding tert-OH is 1. The molecule has 0 radical (unpaired) electrons. The van der Waals surface area contributed by atoms with E-state index in [1.165, 1.54) is 0 Å². The van der Waals surface area contributed by atoms with E-state index in [-0.39, 0.29) is 5.41 Å². The van der Waals surface area contributed by atoms with Crippen LogP contribution in [-0.2, 0) is 4.74 Å². The van der Waals surface area contributed by atoms with Crippen LogP contribution in [-0.4, -0.2) is 29.8 Å². The summed E-state index contributed by atoms with van der Waals surface area (Å²) in [7, 11) is 0. The van der Waals surface area contributed by atoms with Crippen molar-refractivity contribution in [3.63, 3.8) is 0 Å². The van der Waals surface area contributed by atoms with Crippen molar-refractivity contribution in [1.82, 2.24) is 4.98 Å². The van der Waals surface area contributed by atoms with E-state index in [2.05, 4.69) is 4.98 Å². The van der Waals surface area contributed by atoms with Crippen LogP contribution in [0.5, 0.6) is 0 Å². The minimum absolute atomic E-state index is 0.348. The number of aryl methyl sites for hydroxylation is 1. The van der Waals surface area contributed by atoms with Crippen LogP contribution in [0.15, 0.2) is 5.38 Å². The molecule has 2 rings (SSSR count). The number of thiazole rings is 1. The molecule has 1 saturated heterocycles. The number of rotatable bonds is 3. The minimum Gasteiger partial charge on any atom is -0.386 e. The zero-order valence-corrected chi connectivity index (χ0v) is 10.3. The van der Waals surface area contributed by atoms with Gasteiger partial charge in [0.15, 0.2) is 0 Å². The van der Waals surface area contributed by atoms with E-state index in [0.717, 1.165) is 30.2 Å². The SMILES string of the molecule is Cc1nc(C(O)C2(CN)CCCOC2)cs1. The molecule has 1 fully saturated rings. The maximum atomic E-state index is 10.4. The molecular formula is C11H18N2O2S. The third kappa shape index (κ3) is 2.13. The van der Waals surface area contributed by atoms with Crippen molar-refractivity contribution in [2.45, 2.75) is 25.9 Å². The lowest BCUT2D eigenvalue weighted by atomic mass is 9.76. The number of aliphatic hydroxyl groups is 1. The summed E-state index contributed by atoms with van der Waals surface area (Å²) in [5.41, 5.74) is 6.21. The van der Waals surface area contributed by atoms with Gasteiger partial charge in [-0.3, -0.25) is 0 Å². The van der Waals surface area contributed by atoms with Crippen molar-refractivity contribution in [2.75, 3.05) is 19.8 Å². The van der Waals surface area contributed by atoms with Crippen molar-refractivity contribution in [3.05, 3.63) is 16.1 Å². The maximum absolute atomic E-state index is 10.4. The Labute approximate surface area is 99.5 Å². The summed E-state index contributed by atoms with van der Waals surface area (Å²) in [5, 5.41) is 13.3. The van der Waals surface area contributed by atoms with Gasteiger partial charge >= 0.3 is 0 Å². The quantitative estimate of drug-likeness (QED) is 0.837. The number of nitrogens with two attached hydrogens (primary N) is 1. The summed E-state index contributed by atoms with van der Waals surface area (Å²) in [6.07, 6.45) is 1.25. The maximum Gasteiger partial charge on any atom is 0.106 e. The first-order valence-corrected chi connectivity index (χ1v) is 6.44. The van der Waals surface area contributed by atoms with Gasteiger partial charge in [-0.15, -0.1) is 11.3 Å². The highest BCUT2D eigenvalue weighted by Gasteiger charge is 2.40. The molecule has 1 aromatic rings. The Morgan fingerprint density at radius 1 is 1.75 bits per heavy atom. The highest BCUT2D eigenvalue weighted by Crippen LogP contribution is 2.40. The van der Waals surface area contributed by atoms with Crippen molar-refractivity contribution in [3.8, 4) is 0 Å². The Kier molecular flexibility index (Phi) is 3.59. The Hall–Kier alpha value is -0.490. The van der Waals surface area contributed by atoms with E-state index >= 15 is 0 Å². The molecule has 5 heteroatoms. The third-order valence-electron chi connectivity index (χ3n) is 3.26. The normalized spacial score (nSPS) is 27.9. The lowest BCUT2D eigenvalue weighted by Crippen LogP contribution is -2.43. The van der Waals surface area contributed by atoms with Crippen LogP contribution in [0.25, 0.3) is 0 Å². The second-order valence-corrected chi connectivity index (χ2v) is 5.48. The average Bonchev–Trinajstić information content (AvgIpc) is 2.76. The fourth-order valence-electron chi connectivity index (χ4n) is 2.18. The molecule has 0 aromatic carbocycles. The number of aromatic nitrogens is 1. The summed E-state index contributed by atoms with van der Waals surface area (Å²) in [4.78, 5) is 4.34. The van der Waals surface area contributed by atoms with E-state index in [9.17, 15) is 5.11 Å². The molecule has 2 atom stereocenters. The molecule has 0 bridgehead atoms. The first-order valence-electron chi connectivity index (χ1n) is 5.56. The summed E-state index contributed by atoms with van der Waals surface area (Å²) in [6, 6.07) is 0. The summed E-state index contributed by atoms with van der Waals surface area (Å²) in [6.45, 7) is 3.67. The Morgan fingerprint density at radius 2 is 2.56 bits per heavy atom. The van der Waals surface area contributed by atoms with Gasteiger partial charge in [-0.2, -0.15) is 0 Å². The molecule has 2 unspecified atom stereocenters. The molecule has 1 aliphatic heterocycles. The fraction of sp³-hybridized carbons (Fsp3) is 0.727. The van der Waals surface area contributed by atoms with Gasteiger partial charge < -0.3 is 15.6 Å². The van der Waals surface area contributed by atoms with Crippen molar-refractivity contribution in [1.29, 1.82) is 0 Å². The molecule has 16 heavy (non-hydrogen) atoms. The number of ether oxygens (including phenoxy) is 1. The zero-order chi connectivity index (χ0) is 11.6. The van der Waals surface area contributed by atoms with Crippen LogP contribution in [0, 0.1) is 12.3 Å². The first-order chi connectivity index (χ1) is 7.68. The van der Waals surface area contributed by atoms with Crippen LogP contribution in [0.2, 0.25) is 0 Å². The summed E-state index contributed by atoms with van der Waals surface area (Å²) in [5.74, 6) is 0. The first kappa shape index (κ1) is 12.0. The number of hydrogen-bond donors (Lipinski definition) is 2. The highest BCUT2D eigenvalue weighted by atomic mass is 32.1. The van der Waals surface area contributed by atoms with E-state index in [4.69, 9.17) is 10.5 Å². The van der Waals surface area contributed by atoms with Crippen molar-refractivity contribution >= 4 is 11.3 Å². The zero-order valence-electron chi connectivity index (χ0n) is 9.48. The molecule has 1 aliphatic rings. The molecule has 3 N–H and O–H groups in total. The third-order valence-corrected chi connectivity index (χ3v) is 4.05. The molecule has 1 aromatic heterocycles. The number of hydrogen-bond acceptors (Lipinski definition) is 5. The lowest BCUT2D eigenvalue weighted by Gasteiger charge is -2.39. The Balaban J connectivity index is 2.20. The molecule has 0 aliphatic carbocycles. The Morgan fingerprint density at radius 3 is 3.06 bits per heavy atom. The van der Waals surface area contributed by atoms with Gasteiger partial charge in [-0.25, -0.2) is 4.98 Å². The van der Waals surface area contributed by atoms with Gasteiger partial charge in [-0.05, 0) is 19.8 Å². The average molecular weight is 242 g/mol.